The lowest BCUT2D eigenvalue weighted by molar-refractivity contribution is -0.112. The molecule has 19 heavy (non-hydrogen) atoms. The van der Waals surface area contributed by atoms with Crippen LogP contribution in [-0.4, -0.2) is 13.0 Å². The van der Waals surface area contributed by atoms with Gasteiger partial charge >= 0.3 is 0 Å². The summed E-state index contributed by atoms with van der Waals surface area (Å²) >= 11 is 0. The molecule has 108 valence electrons. The number of rotatable bonds is 13. The fraction of sp³-hybridized carbons (Fsp3) is 0.706. The monoisotopic (exact) mass is 262 g/mol. The second kappa shape index (κ2) is 15.3. The summed E-state index contributed by atoms with van der Waals surface area (Å²) in [6.07, 6.45) is 20.2. The number of carbonyl (C=O) groups is 1. The van der Waals surface area contributed by atoms with Gasteiger partial charge in [0.2, 0.25) is 7.28 Å². The summed E-state index contributed by atoms with van der Waals surface area (Å²) in [5.41, 5.74) is 0.467. The van der Waals surface area contributed by atoms with Crippen molar-refractivity contribution < 1.29 is 4.79 Å². The molecular weight excluding hydrogens is 231 g/mol. The van der Waals surface area contributed by atoms with E-state index in [9.17, 15) is 4.79 Å². The first-order valence-electron chi connectivity index (χ1n) is 8.05. The van der Waals surface area contributed by atoms with Crippen molar-refractivity contribution in [1.29, 1.82) is 0 Å². The van der Waals surface area contributed by atoms with Gasteiger partial charge in [0.15, 0.2) is 0 Å². The SMILES string of the molecule is C/C=C/CCCBC(=O)CCCCCCC/C=C/C. The van der Waals surface area contributed by atoms with Crippen LogP contribution in [0.4, 0.5) is 0 Å². The molecule has 0 aromatic carbocycles. The molecule has 0 rings (SSSR count). The Morgan fingerprint density at radius 1 is 0.842 bits per heavy atom. The van der Waals surface area contributed by atoms with Crippen LogP contribution in [-0.2, 0) is 4.79 Å². The molecule has 0 N–H and O–H groups in total. The minimum absolute atomic E-state index is 0.467. The first kappa shape index (κ1) is 18.2. The van der Waals surface area contributed by atoms with E-state index in [4.69, 9.17) is 0 Å². The number of hydrogen-bond acceptors (Lipinski definition) is 1. The van der Waals surface area contributed by atoms with Gasteiger partial charge in [-0.25, -0.2) is 0 Å². The molecule has 0 saturated carbocycles. The molecule has 0 aromatic rings. The standard InChI is InChI=1S/C17H31BO/c1-3-5-7-9-10-11-12-13-15-17(19)18-16-14-8-6-4-2/h3-6,18H,7-16H2,1-2H3/b5-3+,6-4+. The van der Waals surface area contributed by atoms with E-state index in [1.165, 1.54) is 32.1 Å². The quantitative estimate of drug-likeness (QED) is 0.258. The fourth-order valence-electron chi connectivity index (χ4n) is 2.16. The Bertz CT molecular complexity index is 256. The van der Waals surface area contributed by atoms with E-state index in [1.807, 2.05) is 6.92 Å². The lowest BCUT2D eigenvalue weighted by atomic mass is 9.67. The Kier molecular flexibility index (Phi) is 14.6. The first-order chi connectivity index (χ1) is 9.31. The molecule has 0 unspecified atom stereocenters. The Labute approximate surface area is 120 Å². The molecule has 0 fully saturated rings. The van der Waals surface area contributed by atoms with Crippen molar-refractivity contribution in [2.45, 2.75) is 78.0 Å². The summed E-state index contributed by atoms with van der Waals surface area (Å²) < 4.78 is 0. The van der Waals surface area contributed by atoms with Crippen LogP contribution in [0, 0.1) is 0 Å². The highest BCUT2D eigenvalue weighted by atomic mass is 16.1. The maximum absolute atomic E-state index is 11.6. The van der Waals surface area contributed by atoms with Crippen LogP contribution in [0.1, 0.15) is 71.6 Å². The van der Waals surface area contributed by atoms with Gasteiger partial charge in [0.1, 0.15) is 0 Å². The molecule has 0 radical (unpaired) electrons. The lowest BCUT2D eigenvalue weighted by Crippen LogP contribution is -2.07. The molecule has 0 saturated heterocycles. The number of allylic oxidation sites excluding steroid dienone is 4. The van der Waals surface area contributed by atoms with Gasteiger partial charge in [-0.2, -0.15) is 0 Å². The van der Waals surface area contributed by atoms with Gasteiger partial charge in [-0.3, -0.25) is 0 Å². The third-order valence-electron chi connectivity index (χ3n) is 3.37. The van der Waals surface area contributed by atoms with Gasteiger partial charge in [-0.05, 0) is 46.0 Å². The van der Waals surface area contributed by atoms with E-state index in [1.54, 1.807) is 0 Å². The average molecular weight is 262 g/mol. The molecule has 0 aliphatic carbocycles. The number of unbranched alkanes of at least 4 members (excludes halogenated alkanes) is 6. The summed E-state index contributed by atoms with van der Waals surface area (Å²) in [5, 5.41) is 0. The molecule has 0 bridgehead atoms. The van der Waals surface area contributed by atoms with Crippen LogP contribution in [0.25, 0.3) is 0 Å². The van der Waals surface area contributed by atoms with E-state index in [-0.39, 0.29) is 0 Å². The summed E-state index contributed by atoms with van der Waals surface area (Å²) in [6, 6.07) is 0. The normalized spacial score (nSPS) is 11.5. The molecule has 2 heteroatoms. The Morgan fingerprint density at radius 2 is 1.42 bits per heavy atom. The summed E-state index contributed by atoms with van der Waals surface area (Å²) in [4.78, 5) is 11.6. The second-order valence-corrected chi connectivity index (χ2v) is 5.23. The van der Waals surface area contributed by atoms with Crippen LogP contribution < -0.4 is 0 Å². The van der Waals surface area contributed by atoms with Crippen molar-refractivity contribution in [2.75, 3.05) is 0 Å². The predicted molar refractivity (Wildman–Crippen MR) is 88.1 cm³/mol. The summed E-state index contributed by atoms with van der Waals surface area (Å²) in [6.45, 7) is 4.12. The zero-order valence-corrected chi connectivity index (χ0v) is 13.0. The van der Waals surface area contributed by atoms with Crippen molar-refractivity contribution in [3.63, 3.8) is 0 Å². The van der Waals surface area contributed by atoms with Gasteiger partial charge < -0.3 is 4.79 Å². The fourth-order valence-corrected chi connectivity index (χ4v) is 2.16. The Balaban J connectivity index is 3.20. The number of hydrogen-bond donors (Lipinski definition) is 0. The molecule has 1 nitrogen and oxygen atoms in total. The van der Waals surface area contributed by atoms with E-state index < -0.39 is 0 Å². The van der Waals surface area contributed by atoms with Crippen molar-refractivity contribution >= 4 is 13.0 Å². The van der Waals surface area contributed by atoms with Crippen LogP contribution in [0.2, 0.25) is 6.32 Å². The van der Waals surface area contributed by atoms with Crippen molar-refractivity contribution in [2.24, 2.45) is 0 Å². The summed E-state index contributed by atoms with van der Waals surface area (Å²) in [7, 11) is 0.791. The molecule has 0 atom stereocenters. The van der Waals surface area contributed by atoms with Gasteiger partial charge in [0.05, 0.1) is 5.68 Å². The minimum atomic E-state index is 0.467. The molecule has 0 aliphatic heterocycles. The Morgan fingerprint density at radius 3 is 2.11 bits per heavy atom. The maximum Gasteiger partial charge on any atom is 0.205 e. The van der Waals surface area contributed by atoms with Crippen LogP contribution in [0.3, 0.4) is 0 Å². The van der Waals surface area contributed by atoms with Crippen molar-refractivity contribution in [3.05, 3.63) is 24.3 Å². The molecule has 0 aliphatic rings. The van der Waals surface area contributed by atoms with Gasteiger partial charge in [-0.1, -0.05) is 56.3 Å². The zero-order chi connectivity index (χ0) is 14.2. The highest BCUT2D eigenvalue weighted by molar-refractivity contribution is 6.73. The van der Waals surface area contributed by atoms with E-state index in [2.05, 4.69) is 31.2 Å². The zero-order valence-electron chi connectivity index (χ0n) is 13.0. The van der Waals surface area contributed by atoms with Gasteiger partial charge in [-0.15, -0.1) is 0 Å². The summed E-state index contributed by atoms with van der Waals surface area (Å²) in [5.74, 6) is 0. The highest BCUT2D eigenvalue weighted by Gasteiger charge is 2.03. The van der Waals surface area contributed by atoms with Crippen molar-refractivity contribution in [3.8, 4) is 0 Å². The average Bonchev–Trinajstić information content (AvgIpc) is 2.41. The molecular formula is C17H31BO. The molecule has 0 amide bonds. The molecule has 0 spiro atoms. The number of carbonyl (C=O) groups excluding carboxylic acids is 1. The van der Waals surface area contributed by atoms with E-state index in [0.717, 1.165) is 39.3 Å². The largest absolute Gasteiger partial charge is 0.312 e. The van der Waals surface area contributed by atoms with Gasteiger partial charge in [0.25, 0.3) is 0 Å². The maximum atomic E-state index is 11.6. The minimum Gasteiger partial charge on any atom is -0.312 e. The Hall–Kier alpha value is -0.785. The molecule has 0 heterocycles. The van der Waals surface area contributed by atoms with E-state index >= 15 is 0 Å². The second-order valence-electron chi connectivity index (χ2n) is 5.23. The van der Waals surface area contributed by atoms with Crippen molar-refractivity contribution in [1.82, 2.24) is 0 Å². The van der Waals surface area contributed by atoms with Gasteiger partial charge in [0, 0.05) is 0 Å². The topological polar surface area (TPSA) is 17.1 Å². The third kappa shape index (κ3) is 15.2. The third-order valence-corrected chi connectivity index (χ3v) is 3.37. The molecule has 0 aromatic heterocycles. The van der Waals surface area contributed by atoms with Crippen LogP contribution in [0.15, 0.2) is 24.3 Å². The lowest BCUT2D eigenvalue weighted by Gasteiger charge is -2.00. The highest BCUT2D eigenvalue weighted by Crippen LogP contribution is 2.08. The smallest absolute Gasteiger partial charge is 0.205 e. The predicted octanol–water partition coefficient (Wildman–Crippen LogP) is 5.03. The first-order valence-corrected chi connectivity index (χ1v) is 8.05. The van der Waals surface area contributed by atoms with E-state index in [0.29, 0.717) is 5.68 Å². The van der Waals surface area contributed by atoms with Crippen LogP contribution >= 0.6 is 0 Å². The van der Waals surface area contributed by atoms with Crippen LogP contribution in [0.5, 0.6) is 0 Å².